The molecule has 0 aromatic heterocycles. The molecule has 0 spiro atoms. The van der Waals surface area contributed by atoms with Crippen molar-refractivity contribution in [1.82, 2.24) is 4.90 Å². The van der Waals surface area contributed by atoms with E-state index < -0.39 is 0 Å². The van der Waals surface area contributed by atoms with Crippen molar-refractivity contribution in [2.75, 3.05) is 20.3 Å². The molecule has 1 aliphatic carbocycles. The highest BCUT2D eigenvalue weighted by Crippen LogP contribution is 2.38. The van der Waals surface area contributed by atoms with Crippen LogP contribution in [0.25, 0.3) is 0 Å². The number of ether oxygens (including phenoxy) is 1. The fourth-order valence-electron chi connectivity index (χ4n) is 2.88. The summed E-state index contributed by atoms with van der Waals surface area (Å²) in [5, 5.41) is 9.20. The van der Waals surface area contributed by atoms with Gasteiger partial charge in [0.15, 0.2) is 0 Å². The quantitative estimate of drug-likeness (QED) is 0.728. The summed E-state index contributed by atoms with van der Waals surface area (Å²) in [6.45, 7) is 3.89. The first-order chi connectivity index (χ1) is 9.77. The second kappa shape index (κ2) is 7.42. The summed E-state index contributed by atoms with van der Waals surface area (Å²) in [6.07, 6.45) is 3.17. The molecular weight excluding hydrogens is 248 g/mol. The minimum Gasteiger partial charge on any atom is -0.383 e. The smallest absolute Gasteiger partial charge is 0.0641 e. The van der Waals surface area contributed by atoms with Gasteiger partial charge in [-0.25, -0.2) is 0 Å². The van der Waals surface area contributed by atoms with E-state index in [0.717, 1.165) is 12.5 Å². The molecule has 0 N–H and O–H groups in total. The first-order valence-electron chi connectivity index (χ1n) is 7.44. The average molecular weight is 272 g/mol. The van der Waals surface area contributed by atoms with E-state index in [1.807, 2.05) is 6.07 Å². The van der Waals surface area contributed by atoms with E-state index in [0.29, 0.717) is 19.1 Å². The molecule has 3 nitrogen and oxygen atoms in total. The normalized spacial score (nSPS) is 17.7. The van der Waals surface area contributed by atoms with Crippen molar-refractivity contribution in [2.45, 2.75) is 38.3 Å². The predicted molar refractivity (Wildman–Crippen MR) is 80.2 cm³/mol. The molecule has 1 aromatic rings. The maximum atomic E-state index is 9.20. The molecule has 108 valence electrons. The average Bonchev–Trinajstić information content (AvgIpc) is 3.31. The molecule has 1 saturated carbocycles. The van der Waals surface area contributed by atoms with E-state index in [9.17, 15) is 5.26 Å². The third-order valence-corrected chi connectivity index (χ3v) is 4.25. The Balaban J connectivity index is 2.19. The lowest BCUT2D eigenvalue weighted by atomic mass is 9.99. The summed E-state index contributed by atoms with van der Waals surface area (Å²) in [7, 11) is 1.74. The van der Waals surface area contributed by atoms with Gasteiger partial charge in [-0.2, -0.15) is 5.26 Å². The molecule has 0 radical (unpaired) electrons. The molecule has 0 heterocycles. The summed E-state index contributed by atoms with van der Waals surface area (Å²) in [6, 6.07) is 13.4. The number of rotatable bonds is 8. The van der Waals surface area contributed by atoms with Crippen LogP contribution in [0, 0.1) is 17.2 Å². The van der Waals surface area contributed by atoms with E-state index in [1.54, 1.807) is 7.11 Å². The Kier molecular flexibility index (Phi) is 5.58. The minimum absolute atomic E-state index is 0.173. The van der Waals surface area contributed by atoms with Crippen molar-refractivity contribution in [3.63, 3.8) is 0 Å². The highest BCUT2D eigenvalue weighted by molar-refractivity contribution is 5.20. The first kappa shape index (κ1) is 15.0. The fourth-order valence-corrected chi connectivity index (χ4v) is 2.88. The van der Waals surface area contributed by atoms with Gasteiger partial charge in [-0.05, 0) is 31.2 Å². The van der Waals surface area contributed by atoms with Gasteiger partial charge in [-0.3, -0.25) is 4.90 Å². The fraction of sp³-hybridized carbons (Fsp3) is 0.588. The molecule has 2 unspecified atom stereocenters. The molecular formula is C17H24N2O. The van der Waals surface area contributed by atoms with Gasteiger partial charge < -0.3 is 4.74 Å². The Morgan fingerprint density at radius 3 is 2.60 bits per heavy atom. The minimum atomic E-state index is 0.173. The number of methoxy groups -OCH3 is 1. The molecule has 2 atom stereocenters. The molecule has 0 saturated heterocycles. The van der Waals surface area contributed by atoms with Gasteiger partial charge in [0.05, 0.1) is 19.1 Å². The van der Waals surface area contributed by atoms with Crippen LogP contribution in [0.15, 0.2) is 30.3 Å². The predicted octanol–water partition coefficient (Wildman–Crippen LogP) is 3.39. The largest absolute Gasteiger partial charge is 0.383 e. The van der Waals surface area contributed by atoms with Gasteiger partial charge in [-0.1, -0.05) is 30.3 Å². The Morgan fingerprint density at radius 1 is 1.35 bits per heavy atom. The lowest BCUT2D eigenvalue weighted by Crippen LogP contribution is -2.40. The van der Waals surface area contributed by atoms with Crippen LogP contribution in [0.2, 0.25) is 0 Å². The molecule has 0 aliphatic heterocycles. The number of benzene rings is 1. The molecule has 1 aromatic carbocycles. The summed E-state index contributed by atoms with van der Waals surface area (Å²) < 4.78 is 5.26. The van der Waals surface area contributed by atoms with Gasteiger partial charge in [0.2, 0.25) is 0 Å². The molecule has 20 heavy (non-hydrogen) atoms. The zero-order valence-corrected chi connectivity index (χ0v) is 12.5. The van der Waals surface area contributed by atoms with Gasteiger partial charge in [0.1, 0.15) is 0 Å². The monoisotopic (exact) mass is 272 g/mol. The number of nitrogens with zero attached hydrogens (tertiary/aromatic N) is 2. The maximum Gasteiger partial charge on any atom is 0.0641 e. The van der Waals surface area contributed by atoms with Crippen molar-refractivity contribution >= 4 is 0 Å². The van der Waals surface area contributed by atoms with Crippen LogP contribution in [-0.4, -0.2) is 31.2 Å². The summed E-state index contributed by atoms with van der Waals surface area (Å²) in [5.41, 5.74) is 1.23. The van der Waals surface area contributed by atoms with Crippen molar-refractivity contribution in [3.8, 4) is 6.07 Å². The van der Waals surface area contributed by atoms with Crippen molar-refractivity contribution in [3.05, 3.63) is 35.9 Å². The van der Waals surface area contributed by atoms with E-state index >= 15 is 0 Å². The molecule has 0 amide bonds. The van der Waals surface area contributed by atoms with Gasteiger partial charge in [-0.15, -0.1) is 0 Å². The van der Waals surface area contributed by atoms with Crippen LogP contribution in [0.1, 0.15) is 37.8 Å². The van der Waals surface area contributed by atoms with Crippen molar-refractivity contribution in [2.24, 2.45) is 5.92 Å². The third-order valence-electron chi connectivity index (χ3n) is 4.25. The summed E-state index contributed by atoms with van der Waals surface area (Å²) in [5.74, 6) is 0.789. The Bertz CT molecular complexity index is 436. The maximum absolute atomic E-state index is 9.20. The summed E-state index contributed by atoms with van der Waals surface area (Å²) >= 11 is 0. The van der Waals surface area contributed by atoms with Gasteiger partial charge in [0.25, 0.3) is 0 Å². The second-order valence-corrected chi connectivity index (χ2v) is 5.60. The van der Waals surface area contributed by atoms with E-state index in [4.69, 9.17) is 4.74 Å². The third kappa shape index (κ3) is 3.82. The zero-order chi connectivity index (χ0) is 14.4. The van der Waals surface area contributed by atoms with Crippen LogP contribution in [0.5, 0.6) is 0 Å². The van der Waals surface area contributed by atoms with E-state index in [-0.39, 0.29) is 6.04 Å². The standard InChI is InChI=1S/C17H24N2O/c1-14(15-8-9-15)19(12-13-20-2)17(10-11-18)16-6-4-3-5-7-16/h3-7,14-15,17H,8-10,12-13H2,1-2H3. The lowest BCUT2D eigenvalue weighted by Gasteiger charge is -2.36. The highest BCUT2D eigenvalue weighted by atomic mass is 16.5. The van der Waals surface area contributed by atoms with Crippen LogP contribution >= 0.6 is 0 Å². The molecule has 1 aliphatic rings. The second-order valence-electron chi connectivity index (χ2n) is 5.60. The van der Waals surface area contributed by atoms with E-state index in [1.165, 1.54) is 18.4 Å². The molecule has 2 rings (SSSR count). The lowest BCUT2D eigenvalue weighted by molar-refractivity contribution is 0.0820. The SMILES string of the molecule is COCCN(C(CC#N)c1ccccc1)C(C)C1CC1. The summed E-state index contributed by atoms with van der Waals surface area (Å²) in [4.78, 5) is 2.46. The number of hydrogen-bond donors (Lipinski definition) is 0. The number of hydrogen-bond acceptors (Lipinski definition) is 3. The number of nitriles is 1. The van der Waals surface area contributed by atoms with Crippen LogP contribution in [-0.2, 0) is 4.74 Å². The van der Waals surface area contributed by atoms with Crippen LogP contribution < -0.4 is 0 Å². The Labute approximate surface area is 122 Å². The van der Waals surface area contributed by atoms with Gasteiger partial charge in [0, 0.05) is 25.7 Å². The Morgan fingerprint density at radius 2 is 2.05 bits per heavy atom. The van der Waals surface area contributed by atoms with Crippen LogP contribution in [0.4, 0.5) is 0 Å². The molecule has 3 heteroatoms. The Hall–Kier alpha value is -1.37. The molecule has 0 bridgehead atoms. The van der Waals surface area contributed by atoms with E-state index in [2.05, 4.69) is 42.2 Å². The van der Waals surface area contributed by atoms with Gasteiger partial charge >= 0.3 is 0 Å². The zero-order valence-electron chi connectivity index (χ0n) is 12.5. The molecule has 1 fully saturated rings. The first-order valence-corrected chi connectivity index (χ1v) is 7.44. The topological polar surface area (TPSA) is 36.3 Å². The van der Waals surface area contributed by atoms with Crippen molar-refractivity contribution < 1.29 is 4.74 Å². The highest BCUT2D eigenvalue weighted by Gasteiger charge is 2.35. The van der Waals surface area contributed by atoms with Crippen LogP contribution in [0.3, 0.4) is 0 Å². The van der Waals surface area contributed by atoms with Crippen molar-refractivity contribution in [1.29, 1.82) is 5.26 Å².